The van der Waals surface area contributed by atoms with E-state index in [4.69, 9.17) is 10.8 Å². The first kappa shape index (κ1) is 5.59. The minimum absolute atomic E-state index is 0.0174. The van der Waals surface area contributed by atoms with Crippen molar-refractivity contribution in [1.29, 1.82) is 0 Å². The molecule has 3 nitrogen and oxygen atoms in total. The minimum atomic E-state index is -0.968. The van der Waals surface area contributed by atoms with Crippen molar-refractivity contribution in [2.75, 3.05) is 6.54 Å². The zero-order chi connectivity index (χ0) is 4.99. The highest BCUT2D eigenvalue weighted by Crippen LogP contribution is 1.63. The van der Waals surface area contributed by atoms with Gasteiger partial charge in [0, 0.05) is 6.54 Å². The fourth-order valence-corrected chi connectivity index (χ4v) is 0.0556. The number of nitrogens with two attached hydrogens (primary N) is 1. The SMILES string of the molecule is NC[C@H](O)C=O. The van der Waals surface area contributed by atoms with Gasteiger partial charge in [-0.2, -0.15) is 0 Å². The molecule has 3 heteroatoms. The van der Waals surface area contributed by atoms with E-state index in [1.54, 1.807) is 0 Å². The lowest BCUT2D eigenvalue weighted by Gasteiger charge is -1.90. The second kappa shape index (κ2) is 2.81. The molecule has 0 radical (unpaired) electrons. The third kappa shape index (κ3) is 1.87. The summed E-state index contributed by atoms with van der Waals surface area (Å²) in [5.41, 5.74) is 4.80. The van der Waals surface area contributed by atoms with Crippen LogP contribution in [0.1, 0.15) is 0 Å². The number of hydrogen-bond donors (Lipinski definition) is 2. The maximum absolute atomic E-state index is 9.41. The molecule has 1 atom stereocenters. The largest absolute Gasteiger partial charge is 0.384 e. The van der Waals surface area contributed by atoms with Gasteiger partial charge in [0.15, 0.2) is 0 Å². The van der Waals surface area contributed by atoms with Gasteiger partial charge in [0.05, 0.1) is 0 Å². The predicted molar refractivity (Wildman–Crippen MR) is 21.1 cm³/mol. The first-order valence-electron chi connectivity index (χ1n) is 1.64. The van der Waals surface area contributed by atoms with Crippen LogP contribution in [0, 0.1) is 0 Å². The first-order valence-corrected chi connectivity index (χ1v) is 1.64. The highest BCUT2D eigenvalue weighted by Gasteiger charge is 1.91. The molecule has 0 heterocycles. The number of hydrogen-bond acceptors (Lipinski definition) is 3. The van der Waals surface area contributed by atoms with Gasteiger partial charge in [0.2, 0.25) is 0 Å². The van der Waals surface area contributed by atoms with Gasteiger partial charge in [0.25, 0.3) is 0 Å². The van der Waals surface area contributed by atoms with Crippen LogP contribution in [0.5, 0.6) is 0 Å². The van der Waals surface area contributed by atoms with Crippen molar-refractivity contribution in [3.8, 4) is 0 Å². The molecule has 0 amide bonds. The topological polar surface area (TPSA) is 63.3 Å². The molecule has 36 valence electrons. The molecule has 0 rings (SSSR count). The van der Waals surface area contributed by atoms with Crippen molar-refractivity contribution in [3.63, 3.8) is 0 Å². The molecule has 6 heavy (non-hydrogen) atoms. The van der Waals surface area contributed by atoms with E-state index in [1.807, 2.05) is 0 Å². The lowest BCUT2D eigenvalue weighted by Crippen LogP contribution is -2.20. The molecule has 0 fully saturated rings. The Bertz CT molecular complexity index is 46.1. The number of aliphatic hydroxyl groups is 1. The third-order valence-electron chi connectivity index (χ3n) is 0.399. The Morgan fingerprint density at radius 3 is 2.50 bits per heavy atom. The molecule has 0 unspecified atom stereocenters. The Balaban J connectivity index is 2.96. The van der Waals surface area contributed by atoms with Crippen molar-refractivity contribution < 1.29 is 9.90 Å². The Morgan fingerprint density at radius 1 is 2.00 bits per heavy atom. The predicted octanol–water partition coefficient (Wildman–Crippen LogP) is -1.50. The van der Waals surface area contributed by atoms with Gasteiger partial charge in [-0.3, -0.25) is 0 Å². The Labute approximate surface area is 35.8 Å². The van der Waals surface area contributed by atoms with E-state index in [9.17, 15) is 4.79 Å². The fourth-order valence-electron chi connectivity index (χ4n) is 0.0556. The summed E-state index contributed by atoms with van der Waals surface area (Å²) in [5, 5.41) is 8.17. The van der Waals surface area contributed by atoms with Crippen LogP contribution in [0.15, 0.2) is 0 Å². The van der Waals surface area contributed by atoms with Gasteiger partial charge in [0.1, 0.15) is 12.4 Å². The van der Waals surface area contributed by atoms with Gasteiger partial charge in [-0.05, 0) is 0 Å². The monoisotopic (exact) mass is 89.0 g/mol. The van der Waals surface area contributed by atoms with Crippen LogP contribution in [-0.4, -0.2) is 24.0 Å². The summed E-state index contributed by atoms with van der Waals surface area (Å²) in [6, 6.07) is 0. The molecule has 0 aliphatic rings. The van der Waals surface area contributed by atoms with Gasteiger partial charge in [-0.15, -0.1) is 0 Å². The second-order valence-electron chi connectivity index (χ2n) is 0.939. The van der Waals surface area contributed by atoms with Crippen molar-refractivity contribution in [3.05, 3.63) is 0 Å². The van der Waals surface area contributed by atoms with Crippen molar-refractivity contribution in [2.45, 2.75) is 6.10 Å². The molecular weight excluding hydrogens is 82.0 g/mol. The summed E-state index contributed by atoms with van der Waals surface area (Å²) in [5.74, 6) is 0. The normalized spacial score (nSPS) is 13.7. The Kier molecular flexibility index (Phi) is 2.62. The quantitative estimate of drug-likeness (QED) is 0.405. The minimum Gasteiger partial charge on any atom is -0.384 e. The van der Waals surface area contributed by atoms with Crippen LogP contribution in [0.25, 0.3) is 0 Å². The molecular formula is C3H7NO2. The number of carbonyl (C=O) groups excluding carboxylic acids is 1. The molecule has 3 N–H and O–H groups in total. The molecule has 0 aromatic rings. The highest BCUT2D eigenvalue weighted by atomic mass is 16.3. The third-order valence-corrected chi connectivity index (χ3v) is 0.399. The van der Waals surface area contributed by atoms with Crippen molar-refractivity contribution in [1.82, 2.24) is 0 Å². The van der Waals surface area contributed by atoms with Gasteiger partial charge >= 0.3 is 0 Å². The summed E-state index contributed by atoms with van der Waals surface area (Å²) >= 11 is 0. The maximum atomic E-state index is 9.41. The number of aldehydes is 1. The van der Waals surface area contributed by atoms with Crippen molar-refractivity contribution in [2.24, 2.45) is 5.73 Å². The van der Waals surface area contributed by atoms with E-state index in [0.29, 0.717) is 6.29 Å². The zero-order valence-corrected chi connectivity index (χ0v) is 3.29. The van der Waals surface area contributed by atoms with Crippen LogP contribution < -0.4 is 5.73 Å². The number of carbonyl (C=O) groups is 1. The summed E-state index contributed by atoms with van der Waals surface area (Å²) in [6.07, 6.45) is -0.565. The molecule has 0 aliphatic carbocycles. The van der Waals surface area contributed by atoms with Gasteiger partial charge in [-0.1, -0.05) is 0 Å². The van der Waals surface area contributed by atoms with Crippen LogP contribution in [-0.2, 0) is 4.79 Å². The molecule has 0 bridgehead atoms. The molecule has 0 aliphatic heterocycles. The number of rotatable bonds is 2. The Morgan fingerprint density at radius 2 is 2.50 bits per heavy atom. The van der Waals surface area contributed by atoms with E-state index in [0.717, 1.165) is 0 Å². The van der Waals surface area contributed by atoms with Gasteiger partial charge < -0.3 is 15.6 Å². The summed E-state index contributed by atoms with van der Waals surface area (Å²) in [6.45, 7) is 0.0174. The van der Waals surface area contributed by atoms with Crippen LogP contribution in [0.4, 0.5) is 0 Å². The fraction of sp³-hybridized carbons (Fsp3) is 0.667. The van der Waals surface area contributed by atoms with Crippen LogP contribution in [0.2, 0.25) is 0 Å². The average Bonchev–Trinajstić information content (AvgIpc) is 1.65. The van der Waals surface area contributed by atoms with E-state index >= 15 is 0 Å². The molecule has 0 saturated heterocycles. The number of aliphatic hydroxyl groups excluding tert-OH is 1. The summed E-state index contributed by atoms with van der Waals surface area (Å²) in [7, 11) is 0. The Hall–Kier alpha value is -0.410. The van der Waals surface area contributed by atoms with E-state index in [-0.39, 0.29) is 6.54 Å². The summed E-state index contributed by atoms with van der Waals surface area (Å²) in [4.78, 5) is 9.41. The van der Waals surface area contributed by atoms with E-state index < -0.39 is 6.10 Å². The molecule has 0 saturated carbocycles. The molecule has 0 aromatic heterocycles. The molecule has 0 aromatic carbocycles. The lowest BCUT2D eigenvalue weighted by atomic mass is 10.4. The van der Waals surface area contributed by atoms with E-state index in [2.05, 4.69) is 0 Å². The first-order chi connectivity index (χ1) is 2.81. The van der Waals surface area contributed by atoms with Crippen LogP contribution >= 0.6 is 0 Å². The lowest BCUT2D eigenvalue weighted by molar-refractivity contribution is -0.114. The second-order valence-corrected chi connectivity index (χ2v) is 0.939. The smallest absolute Gasteiger partial charge is 0.149 e. The van der Waals surface area contributed by atoms with Gasteiger partial charge in [-0.25, -0.2) is 0 Å². The average molecular weight is 89.1 g/mol. The van der Waals surface area contributed by atoms with Crippen molar-refractivity contribution >= 4 is 6.29 Å². The molecule has 0 spiro atoms. The summed E-state index contributed by atoms with van der Waals surface area (Å²) < 4.78 is 0. The standard InChI is InChI=1S/C3H7NO2/c4-1-3(6)2-5/h2-3,6H,1,4H2/t3-/m0/s1. The maximum Gasteiger partial charge on any atom is 0.149 e. The van der Waals surface area contributed by atoms with Crippen LogP contribution in [0.3, 0.4) is 0 Å². The highest BCUT2D eigenvalue weighted by molar-refractivity contribution is 5.55. The zero-order valence-electron chi connectivity index (χ0n) is 3.29. The van der Waals surface area contributed by atoms with E-state index in [1.165, 1.54) is 0 Å².